The van der Waals surface area contributed by atoms with Crippen molar-refractivity contribution in [2.45, 2.75) is 26.2 Å². The summed E-state index contributed by atoms with van der Waals surface area (Å²) in [5, 5.41) is 8.66. The molecule has 0 aromatic rings. The Morgan fingerprint density at radius 3 is 1.69 bits per heavy atom. The molecule has 2 heterocycles. The fourth-order valence-electron chi connectivity index (χ4n) is 2.53. The molecule has 0 aliphatic carbocycles. The van der Waals surface area contributed by atoms with Crippen LogP contribution in [0.15, 0.2) is 0 Å². The first-order chi connectivity index (χ1) is 7.65. The molecular weight excluding hydrogens is 200 g/mol. The van der Waals surface area contributed by atoms with E-state index in [-0.39, 0.29) is 0 Å². The molecular formula is C13H28N2O. The molecule has 16 heavy (non-hydrogen) atoms. The van der Waals surface area contributed by atoms with Crippen LogP contribution in [0, 0.1) is 11.8 Å². The van der Waals surface area contributed by atoms with Gasteiger partial charge >= 0.3 is 0 Å². The van der Waals surface area contributed by atoms with Crippen LogP contribution in [-0.2, 0) is 0 Å². The van der Waals surface area contributed by atoms with E-state index in [0.717, 1.165) is 19.0 Å². The van der Waals surface area contributed by atoms with Crippen LogP contribution in [0.3, 0.4) is 0 Å². The van der Waals surface area contributed by atoms with E-state index >= 15 is 0 Å². The Labute approximate surface area is 100 Å². The van der Waals surface area contributed by atoms with Crippen molar-refractivity contribution in [2.75, 3.05) is 46.9 Å². The first kappa shape index (κ1) is 13.9. The Bertz CT molecular complexity index is 167. The summed E-state index contributed by atoms with van der Waals surface area (Å²) in [5.41, 5.74) is 0. The van der Waals surface area contributed by atoms with Crippen LogP contribution < -0.4 is 0 Å². The highest BCUT2D eigenvalue weighted by Gasteiger charge is 2.17. The van der Waals surface area contributed by atoms with Gasteiger partial charge in [-0.15, -0.1) is 0 Å². The average Bonchev–Trinajstić information content (AvgIpc) is 2.88. The molecule has 0 saturated carbocycles. The SMILES string of the molecule is CCC1CCN(C)C1.CN1CCC(CO)C1. The van der Waals surface area contributed by atoms with Crippen molar-refractivity contribution < 1.29 is 5.11 Å². The predicted octanol–water partition coefficient (Wildman–Crippen LogP) is 1.28. The summed E-state index contributed by atoms with van der Waals surface area (Å²) in [6.45, 7) is 7.53. The highest BCUT2D eigenvalue weighted by atomic mass is 16.3. The zero-order chi connectivity index (χ0) is 12.0. The zero-order valence-corrected chi connectivity index (χ0v) is 11.2. The third-order valence-corrected chi connectivity index (χ3v) is 3.81. The van der Waals surface area contributed by atoms with Crippen molar-refractivity contribution in [3.63, 3.8) is 0 Å². The number of hydrogen-bond acceptors (Lipinski definition) is 3. The van der Waals surface area contributed by atoms with Crippen molar-refractivity contribution in [1.82, 2.24) is 9.80 Å². The van der Waals surface area contributed by atoms with Crippen molar-refractivity contribution in [2.24, 2.45) is 11.8 Å². The van der Waals surface area contributed by atoms with Gasteiger partial charge in [0.1, 0.15) is 0 Å². The maximum atomic E-state index is 8.66. The fourth-order valence-corrected chi connectivity index (χ4v) is 2.53. The van der Waals surface area contributed by atoms with E-state index in [4.69, 9.17) is 5.11 Å². The minimum atomic E-state index is 0.365. The van der Waals surface area contributed by atoms with Gasteiger partial charge in [-0.05, 0) is 51.9 Å². The Hall–Kier alpha value is -0.120. The second-order valence-corrected chi connectivity index (χ2v) is 5.42. The molecule has 96 valence electrons. The van der Waals surface area contributed by atoms with Crippen LogP contribution in [0.4, 0.5) is 0 Å². The van der Waals surface area contributed by atoms with Crippen molar-refractivity contribution in [3.8, 4) is 0 Å². The molecule has 2 unspecified atom stereocenters. The van der Waals surface area contributed by atoms with Crippen molar-refractivity contribution in [1.29, 1.82) is 0 Å². The van der Waals surface area contributed by atoms with E-state index in [1.807, 2.05) is 0 Å². The maximum Gasteiger partial charge on any atom is 0.0471 e. The molecule has 0 radical (unpaired) electrons. The van der Waals surface area contributed by atoms with Gasteiger partial charge in [0.15, 0.2) is 0 Å². The fraction of sp³-hybridized carbons (Fsp3) is 1.00. The van der Waals surface area contributed by atoms with Gasteiger partial charge in [-0.25, -0.2) is 0 Å². The van der Waals surface area contributed by atoms with Gasteiger partial charge in [0.05, 0.1) is 0 Å². The van der Waals surface area contributed by atoms with Gasteiger partial charge in [0.2, 0.25) is 0 Å². The number of rotatable bonds is 2. The van der Waals surface area contributed by atoms with Gasteiger partial charge in [0, 0.05) is 19.7 Å². The minimum Gasteiger partial charge on any atom is -0.396 e. The van der Waals surface area contributed by atoms with Gasteiger partial charge < -0.3 is 14.9 Å². The van der Waals surface area contributed by atoms with Gasteiger partial charge in [-0.1, -0.05) is 13.3 Å². The molecule has 0 aromatic carbocycles. The number of likely N-dealkylation sites (tertiary alicyclic amines) is 2. The lowest BCUT2D eigenvalue weighted by molar-refractivity contribution is 0.228. The van der Waals surface area contributed by atoms with Gasteiger partial charge in [0.25, 0.3) is 0 Å². The van der Waals surface area contributed by atoms with Crippen LogP contribution in [0.5, 0.6) is 0 Å². The van der Waals surface area contributed by atoms with Crippen LogP contribution in [0.25, 0.3) is 0 Å². The highest BCUT2D eigenvalue weighted by Crippen LogP contribution is 2.16. The van der Waals surface area contributed by atoms with E-state index in [0.29, 0.717) is 12.5 Å². The Kier molecular flexibility index (Phi) is 6.32. The van der Waals surface area contributed by atoms with Crippen LogP contribution in [0.2, 0.25) is 0 Å². The lowest BCUT2D eigenvalue weighted by Gasteiger charge is -2.05. The number of aliphatic hydroxyl groups excluding tert-OH is 1. The molecule has 2 rings (SSSR count). The second-order valence-electron chi connectivity index (χ2n) is 5.42. The topological polar surface area (TPSA) is 26.7 Å². The zero-order valence-electron chi connectivity index (χ0n) is 11.2. The molecule has 2 fully saturated rings. The summed E-state index contributed by atoms with van der Waals surface area (Å²) < 4.78 is 0. The first-order valence-electron chi connectivity index (χ1n) is 6.63. The molecule has 2 atom stereocenters. The Morgan fingerprint density at radius 1 is 1.00 bits per heavy atom. The lowest BCUT2D eigenvalue weighted by Crippen LogP contribution is -2.15. The monoisotopic (exact) mass is 228 g/mol. The van der Waals surface area contributed by atoms with Crippen molar-refractivity contribution >= 4 is 0 Å². The predicted molar refractivity (Wildman–Crippen MR) is 68.6 cm³/mol. The summed E-state index contributed by atoms with van der Waals surface area (Å²) >= 11 is 0. The van der Waals surface area contributed by atoms with E-state index in [1.54, 1.807) is 0 Å². The standard InChI is InChI=1S/C7H15N.C6H13NO/c1-3-7-4-5-8(2)6-7;1-7-3-2-6(4-7)5-8/h7H,3-6H2,1-2H3;6,8H,2-5H2,1H3. The normalized spacial score (nSPS) is 31.5. The summed E-state index contributed by atoms with van der Waals surface area (Å²) in [4.78, 5) is 4.66. The highest BCUT2D eigenvalue weighted by molar-refractivity contribution is 4.71. The Balaban J connectivity index is 0.000000160. The molecule has 3 heteroatoms. The molecule has 0 spiro atoms. The van der Waals surface area contributed by atoms with E-state index in [2.05, 4.69) is 30.8 Å². The quantitative estimate of drug-likeness (QED) is 0.771. The smallest absolute Gasteiger partial charge is 0.0471 e. The molecule has 2 aliphatic heterocycles. The molecule has 0 amide bonds. The van der Waals surface area contributed by atoms with E-state index in [1.165, 1.54) is 32.4 Å². The summed E-state index contributed by atoms with van der Waals surface area (Å²) in [5.74, 6) is 1.56. The molecule has 2 aliphatic rings. The lowest BCUT2D eigenvalue weighted by atomic mass is 10.1. The van der Waals surface area contributed by atoms with Gasteiger partial charge in [-0.2, -0.15) is 0 Å². The molecule has 0 bridgehead atoms. The summed E-state index contributed by atoms with van der Waals surface area (Å²) in [6.07, 6.45) is 3.96. The van der Waals surface area contributed by atoms with E-state index in [9.17, 15) is 0 Å². The molecule has 1 N–H and O–H groups in total. The number of aliphatic hydroxyl groups is 1. The van der Waals surface area contributed by atoms with Gasteiger partial charge in [-0.3, -0.25) is 0 Å². The third-order valence-electron chi connectivity index (χ3n) is 3.81. The number of hydrogen-bond donors (Lipinski definition) is 1. The largest absolute Gasteiger partial charge is 0.396 e. The average molecular weight is 228 g/mol. The minimum absolute atomic E-state index is 0.365. The summed E-state index contributed by atoms with van der Waals surface area (Å²) in [7, 11) is 4.30. The second kappa shape index (κ2) is 7.25. The maximum absolute atomic E-state index is 8.66. The molecule has 0 aromatic heterocycles. The number of nitrogens with zero attached hydrogens (tertiary/aromatic N) is 2. The van der Waals surface area contributed by atoms with Crippen molar-refractivity contribution in [3.05, 3.63) is 0 Å². The summed E-state index contributed by atoms with van der Waals surface area (Å²) in [6, 6.07) is 0. The molecule has 3 nitrogen and oxygen atoms in total. The first-order valence-corrected chi connectivity index (χ1v) is 6.63. The molecule has 2 saturated heterocycles. The Morgan fingerprint density at radius 2 is 1.50 bits per heavy atom. The van der Waals surface area contributed by atoms with Crippen LogP contribution in [-0.4, -0.2) is 61.8 Å². The van der Waals surface area contributed by atoms with E-state index < -0.39 is 0 Å². The third kappa shape index (κ3) is 4.81. The van der Waals surface area contributed by atoms with Crippen LogP contribution in [0.1, 0.15) is 26.2 Å². The van der Waals surface area contributed by atoms with Crippen LogP contribution >= 0.6 is 0 Å².